The van der Waals surface area contributed by atoms with Crippen LogP contribution in [0.4, 0.5) is 5.13 Å². The van der Waals surface area contributed by atoms with Crippen molar-refractivity contribution in [2.75, 3.05) is 11.1 Å². The monoisotopic (exact) mass is 482 g/mol. The second kappa shape index (κ2) is 9.05. The summed E-state index contributed by atoms with van der Waals surface area (Å²) >= 11 is 8.65. The van der Waals surface area contributed by atoms with Gasteiger partial charge < -0.3 is 0 Å². The number of rotatable bonds is 5. The lowest BCUT2D eigenvalue weighted by Gasteiger charge is -2.14. The van der Waals surface area contributed by atoms with Gasteiger partial charge in [-0.15, -0.1) is 10.2 Å². The fraction of sp³-hybridized carbons (Fsp3) is 0.217. The van der Waals surface area contributed by atoms with E-state index in [0.29, 0.717) is 20.1 Å². The van der Waals surface area contributed by atoms with Gasteiger partial charge in [0.1, 0.15) is 0 Å². The van der Waals surface area contributed by atoms with Gasteiger partial charge in [0.25, 0.3) is 5.91 Å². The first-order valence-electron chi connectivity index (χ1n) is 10.3. The van der Waals surface area contributed by atoms with E-state index in [4.69, 9.17) is 11.6 Å². The summed E-state index contributed by atoms with van der Waals surface area (Å²) in [6, 6.07) is 14.9. The standard InChI is InChI=1S/C23H19ClN4O2S2/c24-17-10-4-1-9-16(17)21(30)25-22-26-27-23(32-22)31-13-20(29)28-18-11-5-2-7-14(18)15-8-3-6-12-19(15)28/h1-2,4-5,7,9-11H,3,6,8,12-13H2,(H,25,26,30). The number of hydrogen-bond donors (Lipinski definition) is 1. The number of aryl methyl sites for hydroxylation is 1. The van der Waals surface area contributed by atoms with Gasteiger partial charge in [-0.1, -0.05) is 65.0 Å². The number of amides is 1. The molecule has 1 aliphatic carbocycles. The lowest BCUT2D eigenvalue weighted by atomic mass is 9.96. The van der Waals surface area contributed by atoms with E-state index < -0.39 is 0 Å². The van der Waals surface area contributed by atoms with Gasteiger partial charge in [0.05, 0.1) is 21.9 Å². The van der Waals surface area contributed by atoms with E-state index in [0.717, 1.165) is 36.9 Å². The summed E-state index contributed by atoms with van der Waals surface area (Å²) in [5.74, 6) is -0.0610. The Hall–Kier alpha value is -2.68. The third-order valence-corrected chi connectivity index (χ3v) is 7.78. The molecule has 32 heavy (non-hydrogen) atoms. The average Bonchev–Trinajstić information content (AvgIpc) is 3.40. The van der Waals surface area contributed by atoms with Gasteiger partial charge in [0.15, 0.2) is 4.34 Å². The fourth-order valence-electron chi connectivity index (χ4n) is 4.10. The molecule has 9 heteroatoms. The first kappa shape index (κ1) is 21.2. The van der Waals surface area contributed by atoms with E-state index >= 15 is 0 Å². The molecule has 0 bridgehead atoms. The highest BCUT2D eigenvalue weighted by Crippen LogP contribution is 2.33. The Labute approximate surface area is 198 Å². The van der Waals surface area contributed by atoms with Gasteiger partial charge in [-0.3, -0.25) is 19.5 Å². The molecule has 6 nitrogen and oxygen atoms in total. The van der Waals surface area contributed by atoms with E-state index in [9.17, 15) is 9.59 Å². The van der Waals surface area contributed by atoms with Gasteiger partial charge in [-0.25, -0.2) is 0 Å². The lowest BCUT2D eigenvalue weighted by Crippen LogP contribution is -2.18. The summed E-state index contributed by atoms with van der Waals surface area (Å²) in [7, 11) is 0. The molecule has 0 aliphatic heterocycles. The quantitative estimate of drug-likeness (QED) is 0.291. The number of thioether (sulfide) groups is 1. The highest BCUT2D eigenvalue weighted by atomic mass is 35.5. The molecule has 0 saturated carbocycles. The number of benzene rings is 2. The minimum Gasteiger partial charge on any atom is -0.296 e. The molecule has 0 unspecified atom stereocenters. The maximum Gasteiger partial charge on any atom is 0.259 e. The van der Waals surface area contributed by atoms with Crippen LogP contribution < -0.4 is 5.32 Å². The van der Waals surface area contributed by atoms with Crippen molar-refractivity contribution < 1.29 is 9.59 Å². The maximum absolute atomic E-state index is 13.2. The summed E-state index contributed by atoms with van der Waals surface area (Å²) in [6.07, 6.45) is 4.22. The molecule has 2 aromatic carbocycles. The van der Waals surface area contributed by atoms with Crippen molar-refractivity contribution in [2.45, 2.75) is 30.0 Å². The predicted octanol–water partition coefficient (Wildman–Crippen LogP) is 5.71. The van der Waals surface area contributed by atoms with E-state index in [1.165, 1.54) is 34.0 Å². The molecule has 0 saturated heterocycles. The molecule has 1 aliphatic rings. The normalized spacial score (nSPS) is 13.2. The number of anilines is 1. The van der Waals surface area contributed by atoms with Gasteiger partial charge in [0.2, 0.25) is 11.0 Å². The largest absolute Gasteiger partial charge is 0.296 e. The SMILES string of the molecule is O=C(Nc1nnc(SCC(=O)n2c3c(c4ccccc42)CCCC3)s1)c1ccccc1Cl. The first-order chi connectivity index (χ1) is 15.6. The predicted molar refractivity (Wildman–Crippen MR) is 129 cm³/mol. The number of carbonyl (C=O) groups is 2. The molecule has 0 atom stereocenters. The zero-order valence-corrected chi connectivity index (χ0v) is 19.4. The summed E-state index contributed by atoms with van der Waals surface area (Å²) in [4.78, 5) is 25.6. The van der Waals surface area contributed by atoms with Crippen LogP contribution >= 0.6 is 34.7 Å². The number of nitrogens with one attached hydrogen (secondary N) is 1. The molecule has 5 rings (SSSR count). The third-order valence-electron chi connectivity index (χ3n) is 5.49. The van der Waals surface area contributed by atoms with Crippen molar-refractivity contribution in [1.29, 1.82) is 0 Å². The van der Waals surface area contributed by atoms with E-state index in [1.807, 2.05) is 22.8 Å². The molecule has 1 N–H and O–H groups in total. The molecule has 0 fully saturated rings. The smallest absolute Gasteiger partial charge is 0.259 e. The molecule has 4 aromatic rings. The van der Waals surface area contributed by atoms with Crippen molar-refractivity contribution in [2.24, 2.45) is 0 Å². The van der Waals surface area contributed by atoms with E-state index in [1.54, 1.807) is 24.3 Å². The zero-order chi connectivity index (χ0) is 22.1. The number of fused-ring (bicyclic) bond motifs is 3. The van der Waals surface area contributed by atoms with E-state index in [-0.39, 0.29) is 17.6 Å². The number of carbonyl (C=O) groups excluding carboxylic acids is 2. The Morgan fingerprint density at radius 1 is 1.06 bits per heavy atom. The molecule has 162 valence electrons. The molecule has 2 heterocycles. The van der Waals surface area contributed by atoms with Crippen LogP contribution in [-0.2, 0) is 12.8 Å². The Morgan fingerprint density at radius 3 is 2.72 bits per heavy atom. The Morgan fingerprint density at radius 2 is 1.84 bits per heavy atom. The molecule has 1 amide bonds. The van der Waals surface area contributed by atoms with Crippen LogP contribution in [0.2, 0.25) is 5.02 Å². The number of aromatic nitrogens is 3. The molecule has 0 radical (unpaired) electrons. The Kier molecular flexibility index (Phi) is 5.99. The Balaban J connectivity index is 1.29. The molecule has 2 aromatic heterocycles. The van der Waals surface area contributed by atoms with Crippen LogP contribution in [-0.4, -0.2) is 32.3 Å². The molecular formula is C23H19ClN4O2S2. The molecule has 0 spiro atoms. The van der Waals surface area contributed by atoms with Crippen LogP contribution in [0.3, 0.4) is 0 Å². The van der Waals surface area contributed by atoms with Gasteiger partial charge >= 0.3 is 0 Å². The lowest BCUT2D eigenvalue weighted by molar-refractivity contribution is 0.0942. The Bertz CT molecular complexity index is 1330. The van der Waals surface area contributed by atoms with E-state index in [2.05, 4.69) is 21.6 Å². The minimum absolute atomic E-state index is 0.0335. The second-order valence-corrected chi connectivity index (χ2v) is 10.1. The van der Waals surface area contributed by atoms with Gasteiger partial charge in [-0.05, 0) is 49.4 Å². The topological polar surface area (TPSA) is 76.9 Å². The van der Waals surface area contributed by atoms with Crippen LogP contribution in [0.15, 0.2) is 52.9 Å². The summed E-state index contributed by atoms with van der Waals surface area (Å²) < 4.78 is 2.51. The molecular weight excluding hydrogens is 464 g/mol. The summed E-state index contributed by atoms with van der Waals surface area (Å²) in [5.41, 5.74) is 3.81. The average molecular weight is 483 g/mol. The highest BCUT2D eigenvalue weighted by Gasteiger charge is 2.23. The van der Waals surface area contributed by atoms with Crippen LogP contribution in [0.1, 0.15) is 39.3 Å². The zero-order valence-electron chi connectivity index (χ0n) is 17.0. The summed E-state index contributed by atoms with van der Waals surface area (Å²) in [5, 5.41) is 12.8. The van der Waals surface area contributed by atoms with Crippen molar-refractivity contribution >= 4 is 62.5 Å². The number of nitrogens with zero attached hydrogens (tertiary/aromatic N) is 3. The second-order valence-electron chi connectivity index (χ2n) is 7.47. The van der Waals surface area contributed by atoms with Gasteiger partial charge in [-0.2, -0.15) is 0 Å². The number of hydrogen-bond acceptors (Lipinski definition) is 6. The van der Waals surface area contributed by atoms with Crippen molar-refractivity contribution in [3.05, 3.63) is 70.4 Å². The van der Waals surface area contributed by atoms with Crippen LogP contribution in [0.25, 0.3) is 10.9 Å². The summed E-state index contributed by atoms with van der Waals surface area (Å²) in [6.45, 7) is 0. The number of halogens is 1. The maximum atomic E-state index is 13.2. The van der Waals surface area contributed by atoms with Crippen molar-refractivity contribution in [3.63, 3.8) is 0 Å². The minimum atomic E-state index is -0.343. The fourth-order valence-corrected chi connectivity index (χ4v) is 5.91. The van der Waals surface area contributed by atoms with Crippen molar-refractivity contribution in [1.82, 2.24) is 14.8 Å². The highest BCUT2D eigenvalue weighted by molar-refractivity contribution is 8.01. The third kappa shape index (κ3) is 4.05. The number of para-hydroxylation sites is 1. The van der Waals surface area contributed by atoms with Crippen LogP contribution in [0.5, 0.6) is 0 Å². The first-order valence-corrected chi connectivity index (χ1v) is 12.5. The van der Waals surface area contributed by atoms with Crippen molar-refractivity contribution in [3.8, 4) is 0 Å². The van der Waals surface area contributed by atoms with Crippen LogP contribution in [0, 0.1) is 0 Å². The van der Waals surface area contributed by atoms with Gasteiger partial charge in [0, 0.05) is 11.1 Å².